The second-order valence-corrected chi connectivity index (χ2v) is 3.98. The molecule has 98 valence electrons. The van der Waals surface area contributed by atoms with E-state index in [1.807, 2.05) is 19.9 Å². The van der Waals surface area contributed by atoms with Crippen LogP contribution >= 0.6 is 0 Å². The predicted molar refractivity (Wildman–Crippen MR) is 65.4 cm³/mol. The molecule has 0 aliphatic heterocycles. The van der Waals surface area contributed by atoms with Gasteiger partial charge >= 0.3 is 11.9 Å². The summed E-state index contributed by atoms with van der Waals surface area (Å²) in [5.74, 6) is -1.13. The van der Waals surface area contributed by atoms with Gasteiger partial charge in [-0.2, -0.15) is 0 Å². The minimum absolute atomic E-state index is 0.0798. The van der Waals surface area contributed by atoms with E-state index in [2.05, 4.69) is 0 Å². The van der Waals surface area contributed by atoms with Crippen LogP contribution in [0.5, 0.6) is 0 Å². The quantitative estimate of drug-likeness (QED) is 0.508. The lowest BCUT2D eigenvalue weighted by atomic mass is 10.0. The molecule has 0 aromatic heterocycles. The molecule has 4 heteroatoms. The summed E-state index contributed by atoms with van der Waals surface area (Å²) >= 11 is 0. The summed E-state index contributed by atoms with van der Waals surface area (Å²) in [6, 6.07) is 0. The van der Waals surface area contributed by atoms with Gasteiger partial charge in [0.25, 0.3) is 0 Å². The Balaban J connectivity index is 4.44. The van der Waals surface area contributed by atoms with E-state index in [4.69, 9.17) is 9.47 Å². The van der Waals surface area contributed by atoms with E-state index >= 15 is 0 Å². The molecule has 17 heavy (non-hydrogen) atoms. The normalized spacial score (nSPS) is 11.5. The first-order valence-electron chi connectivity index (χ1n) is 5.96. The van der Waals surface area contributed by atoms with Crippen LogP contribution in [0.15, 0.2) is 11.6 Å². The summed E-state index contributed by atoms with van der Waals surface area (Å²) in [4.78, 5) is 23.0. The van der Waals surface area contributed by atoms with E-state index in [9.17, 15) is 9.59 Å². The number of carbonyl (C=O) groups excluding carboxylic acids is 2. The van der Waals surface area contributed by atoms with Gasteiger partial charge in [-0.25, -0.2) is 0 Å². The number of ether oxygens (including phenoxy) is 2. The molecule has 0 spiro atoms. The minimum Gasteiger partial charge on any atom is -0.466 e. The van der Waals surface area contributed by atoms with Gasteiger partial charge in [0.05, 0.1) is 25.6 Å². The average Bonchev–Trinajstić information content (AvgIpc) is 2.24. The molecule has 0 N–H and O–H groups in total. The number of esters is 2. The molecule has 0 bridgehead atoms. The summed E-state index contributed by atoms with van der Waals surface area (Å²) in [6.07, 6.45) is 2.53. The van der Waals surface area contributed by atoms with Gasteiger partial charge in [-0.1, -0.05) is 11.6 Å². The Morgan fingerprint density at radius 3 is 2.18 bits per heavy atom. The second-order valence-electron chi connectivity index (χ2n) is 3.98. The zero-order chi connectivity index (χ0) is 13.3. The number of carbonyl (C=O) groups is 2. The van der Waals surface area contributed by atoms with E-state index < -0.39 is 5.92 Å². The molecule has 0 amide bonds. The van der Waals surface area contributed by atoms with Crippen LogP contribution in [0.1, 0.15) is 40.5 Å². The van der Waals surface area contributed by atoms with Crippen molar-refractivity contribution >= 4 is 11.9 Å². The van der Waals surface area contributed by atoms with Crippen molar-refractivity contribution in [3.63, 3.8) is 0 Å². The van der Waals surface area contributed by atoms with E-state index in [0.717, 1.165) is 5.57 Å². The number of rotatable bonds is 7. The molecule has 0 rings (SSSR count). The monoisotopic (exact) mass is 242 g/mol. The lowest BCUT2D eigenvalue weighted by Gasteiger charge is -2.13. The molecule has 0 aliphatic carbocycles. The highest BCUT2D eigenvalue weighted by atomic mass is 16.5. The molecule has 0 aliphatic rings. The standard InChI is InChI=1S/C13H22O4/c1-5-16-12(14)9-11(8-7-10(3)4)13(15)17-6-2/h7,11H,5-6,8-9H2,1-4H3. The Kier molecular flexibility index (Phi) is 8.11. The fourth-order valence-corrected chi connectivity index (χ4v) is 1.32. The van der Waals surface area contributed by atoms with Gasteiger partial charge in [0, 0.05) is 0 Å². The third-order valence-electron chi connectivity index (χ3n) is 2.15. The average molecular weight is 242 g/mol. The van der Waals surface area contributed by atoms with E-state index in [1.54, 1.807) is 13.8 Å². The van der Waals surface area contributed by atoms with Crippen LogP contribution in [0.25, 0.3) is 0 Å². The van der Waals surface area contributed by atoms with Crippen LogP contribution in [-0.2, 0) is 19.1 Å². The first-order chi connectivity index (χ1) is 8.01. The van der Waals surface area contributed by atoms with E-state index in [1.165, 1.54) is 0 Å². The SMILES string of the molecule is CCOC(=O)CC(CC=C(C)C)C(=O)OCC. The first kappa shape index (κ1) is 15.7. The summed E-state index contributed by atoms with van der Waals surface area (Å²) in [6.45, 7) is 8.05. The molecular weight excluding hydrogens is 220 g/mol. The molecule has 0 radical (unpaired) electrons. The van der Waals surface area contributed by atoms with Crippen molar-refractivity contribution in [2.75, 3.05) is 13.2 Å². The highest BCUT2D eigenvalue weighted by Gasteiger charge is 2.22. The summed E-state index contributed by atoms with van der Waals surface area (Å²) < 4.78 is 9.78. The molecule has 0 aromatic carbocycles. The molecular formula is C13H22O4. The number of hydrogen-bond acceptors (Lipinski definition) is 4. The van der Waals surface area contributed by atoms with Crippen LogP contribution < -0.4 is 0 Å². The molecule has 0 fully saturated rings. The molecule has 1 unspecified atom stereocenters. The molecule has 0 heterocycles. The Hall–Kier alpha value is -1.32. The Morgan fingerprint density at radius 2 is 1.71 bits per heavy atom. The Morgan fingerprint density at radius 1 is 1.12 bits per heavy atom. The first-order valence-corrected chi connectivity index (χ1v) is 5.96. The fourth-order valence-electron chi connectivity index (χ4n) is 1.32. The van der Waals surface area contributed by atoms with Gasteiger partial charge in [-0.15, -0.1) is 0 Å². The van der Waals surface area contributed by atoms with Gasteiger partial charge in [0.15, 0.2) is 0 Å². The third kappa shape index (κ3) is 7.55. The molecule has 0 saturated carbocycles. The van der Waals surface area contributed by atoms with Crippen LogP contribution in [0.4, 0.5) is 0 Å². The lowest BCUT2D eigenvalue weighted by molar-refractivity contribution is -0.154. The predicted octanol–water partition coefficient (Wildman–Crippen LogP) is 2.48. The van der Waals surface area contributed by atoms with Crippen molar-refractivity contribution in [2.45, 2.75) is 40.5 Å². The van der Waals surface area contributed by atoms with Crippen molar-refractivity contribution in [3.8, 4) is 0 Å². The van der Waals surface area contributed by atoms with Crippen molar-refractivity contribution < 1.29 is 19.1 Å². The van der Waals surface area contributed by atoms with Gasteiger partial charge in [-0.3, -0.25) is 9.59 Å². The summed E-state index contributed by atoms with van der Waals surface area (Å²) in [7, 11) is 0. The van der Waals surface area contributed by atoms with Crippen LogP contribution in [0.3, 0.4) is 0 Å². The van der Waals surface area contributed by atoms with E-state index in [-0.39, 0.29) is 18.4 Å². The molecule has 4 nitrogen and oxygen atoms in total. The van der Waals surface area contributed by atoms with Crippen molar-refractivity contribution in [1.82, 2.24) is 0 Å². The molecule has 0 saturated heterocycles. The number of hydrogen-bond donors (Lipinski definition) is 0. The fraction of sp³-hybridized carbons (Fsp3) is 0.692. The zero-order valence-corrected chi connectivity index (χ0v) is 11.1. The van der Waals surface area contributed by atoms with Crippen molar-refractivity contribution in [3.05, 3.63) is 11.6 Å². The van der Waals surface area contributed by atoms with Crippen LogP contribution in [0.2, 0.25) is 0 Å². The van der Waals surface area contributed by atoms with Gasteiger partial charge in [-0.05, 0) is 34.1 Å². The molecule has 1 atom stereocenters. The lowest BCUT2D eigenvalue weighted by Crippen LogP contribution is -2.21. The largest absolute Gasteiger partial charge is 0.466 e. The minimum atomic E-state index is -0.441. The smallest absolute Gasteiger partial charge is 0.309 e. The van der Waals surface area contributed by atoms with Gasteiger partial charge in [0.2, 0.25) is 0 Å². The van der Waals surface area contributed by atoms with Crippen molar-refractivity contribution in [2.24, 2.45) is 5.92 Å². The number of allylic oxidation sites excluding steroid dienone is 2. The Bertz CT molecular complexity index is 277. The van der Waals surface area contributed by atoms with Crippen LogP contribution in [0, 0.1) is 5.92 Å². The summed E-state index contributed by atoms with van der Waals surface area (Å²) in [5.41, 5.74) is 1.11. The highest BCUT2D eigenvalue weighted by Crippen LogP contribution is 2.14. The van der Waals surface area contributed by atoms with Gasteiger partial charge in [0.1, 0.15) is 0 Å². The maximum atomic E-state index is 11.6. The maximum absolute atomic E-state index is 11.6. The van der Waals surface area contributed by atoms with E-state index in [0.29, 0.717) is 19.6 Å². The third-order valence-corrected chi connectivity index (χ3v) is 2.15. The molecule has 0 aromatic rings. The topological polar surface area (TPSA) is 52.6 Å². The second kappa shape index (κ2) is 8.79. The maximum Gasteiger partial charge on any atom is 0.309 e. The zero-order valence-electron chi connectivity index (χ0n) is 11.1. The highest BCUT2D eigenvalue weighted by molar-refractivity contribution is 5.80. The van der Waals surface area contributed by atoms with Crippen LogP contribution in [-0.4, -0.2) is 25.2 Å². The van der Waals surface area contributed by atoms with Gasteiger partial charge < -0.3 is 9.47 Å². The summed E-state index contributed by atoms with van der Waals surface area (Å²) in [5, 5.41) is 0. The van der Waals surface area contributed by atoms with Crippen molar-refractivity contribution in [1.29, 1.82) is 0 Å². The Labute approximate surface area is 103 Å².